The minimum Gasteiger partial charge on any atom is -0.494 e. The summed E-state index contributed by atoms with van der Waals surface area (Å²) < 4.78 is 5.83. The van der Waals surface area contributed by atoms with E-state index in [1.54, 1.807) is 0 Å². The van der Waals surface area contributed by atoms with Crippen LogP contribution in [0, 0.1) is 0 Å². The topological polar surface area (TPSA) is 75.8 Å². The molecule has 24 heavy (non-hydrogen) atoms. The molecule has 0 fully saturated rings. The Morgan fingerprint density at radius 1 is 1.25 bits per heavy atom. The Kier molecular flexibility index (Phi) is 5.01. The number of fused-ring (bicyclic) bond motifs is 1. The van der Waals surface area contributed by atoms with Crippen molar-refractivity contribution in [3.8, 4) is 5.75 Å². The molecule has 0 saturated heterocycles. The number of hydrogen-bond donors (Lipinski definition) is 2. The largest absolute Gasteiger partial charge is 0.494 e. The van der Waals surface area contributed by atoms with Gasteiger partial charge < -0.3 is 10.5 Å². The van der Waals surface area contributed by atoms with Crippen LogP contribution in [-0.4, -0.2) is 22.9 Å². The number of urea groups is 1. The van der Waals surface area contributed by atoms with E-state index in [-0.39, 0.29) is 6.04 Å². The molecule has 2 aromatic carbocycles. The van der Waals surface area contributed by atoms with Crippen LogP contribution in [0.3, 0.4) is 0 Å². The molecule has 1 atom stereocenters. The summed E-state index contributed by atoms with van der Waals surface area (Å²) >= 11 is 0. The summed E-state index contributed by atoms with van der Waals surface area (Å²) in [5.74, 6) is 0.825. The molecule has 1 aliphatic rings. The number of primary amides is 1. The highest BCUT2D eigenvalue weighted by atomic mass is 16.5. The van der Waals surface area contributed by atoms with Gasteiger partial charge in [-0.2, -0.15) is 5.06 Å². The summed E-state index contributed by atoms with van der Waals surface area (Å²) in [7, 11) is 0. The van der Waals surface area contributed by atoms with Gasteiger partial charge in [0.25, 0.3) is 0 Å². The van der Waals surface area contributed by atoms with E-state index in [2.05, 4.69) is 12.1 Å². The average Bonchev–Trinajstić information content (AvgIpc) is 3.02. The van der Waals surface area contributed by atoms with E-state index >= 15 is 0 Å². The van der Waals surface area contributed by atoms with Crippen LogP contribution in [0.15, 0.2) is 48.5 Å². The van der Waals surface area contributed by atoms with Crippen LogP contribution in [0.2, 0.25) is 0 Å². The first-order valence-corrected chi connectivity index (χ1v) is 8.22. The Morgan fingerprint density at radius 2 is 2.04 bits per heavy atom. The number of benzene rings is 2. The Hall–Kier alpha value is -2.53. The summed E-state index contributed by atoms with van der Waals surface area (Å²) in [6.45, 7) is 0.657. The normalized spacial score (nSPS) is 15.8. The molecule has 1 unspecified atom stereocenters. The van der Waals surface area contributed by atoms with Gasteiger partial charge in [0.2, 0.25) is 0 Å². The monoisotopic (exact) mass is 326 g/mol. The van der Waals surface area contributed by atoms with E-state index in [1.807, 2.05) is 36.4 Å². The van der Waals surface area contributed by atoms with Gasteiger partial charge in [-0.05, 0) is 54.5 Å². The van der Waals surface area contributed by atoms with Gasteiger partial charge in [-0.1, -0.05) is 36.4 Å². The standard InChI is InChI=1S/C19H22N2O3/c20-19(22)21(23)18-11-8-15-13-16(9-10-17(15)18)24-12-4-7-14-5-2-1-3-6-14/h1-3,5-6,9-10,13,18,23H,4,7-8,11-12H2,(H2,20,22). The summed E-state index contributed by atoms with van der Waals surface area (Å²) in [4.78, 5) is 11.1. The molecule has 126 valence electrons. The number of amides is 2. The Bertz CT molecular complexity index is 703. The number of nitrogens with two attached hydrogens (primary N) is 1. The minimum absolute atomic E-state index is 0.357. The van der Waals surface area contributed by atoms with Gasteiger partial charge in [-0.3, -0.25) is 5.21 Å². The Balaban J connectivity index is 1.54. The van der Waals surface area contributed by atoms with Gasteiger partial charge in [0.15, 0.2) is 0 Å². The van der Waals surface area contributed by atoms with E-state index in [4.69, 9.17) is 10.5 Å². The molecule has 0 aromatic heterocycles. The lowest BCUT2D eigenvalue weighted by Gasteiger charge is -2.20. The van der Waals surface area contributed by atoms with Crippen LogP contribution < -0.4 is 10.5 Å². The molecule has 0 spiro atoms. The van der Waals surface area contributed by atoms with Crippen LogP contribution in [-0.2, 0) is 12.8 Å². The molecule has 2 amide bonds. The quantitative estimate of drug-likeness (QED) is 0.485. The van der Waals surface area contributed by atoms with Gasteiger partial charge >= 0.3 is 6.03 Å². The van der Waals surface area contributed by atoms with Crippen molar-refractivity contribution in [2.75, 3.05) is 6.61 Å². The molecule has 3 rings (SSSR count). The number of aryl methyl sites for hydroxylation is 2. The minimum atomic E-state index is -0.825. The van der Waals surface area contributed by atoms with Gasteiger partial charge in [-0.15, -0.1) is 0 Å². The van der Waals surface area contributed by atoms with Crippen LogP contribution in [0.1, 0.15) is 35.6 Å². The van der Waals surface area contributed by atoms with E-state index in [0.29, 0.717) is 18.1 Å². The zero-order valence-electron chi connectivity index (χ0n) is 13.5. The number of hydrogen-bond acceptors (Lipinski definition) is 3. The lowest BCUT2D eigenvalue weighted by molar-refractivity contribution is -0.0757. The lowest BCUT2D eigenvalue weighted by atomic mass is 10.1. The van der Waals surface area contributed by atoms with Crippen molar-refractivity contribution in [3.05, 3.63) is 65.2 Å². The second kappa shape index (κ2) is 7.36. The summed E-state index contributed by atoms with van der Waals surface area (Å²) in [6, 6.07) is 15.0. The predicted molar refractivity (Wildman–Crippen MR) is 91.0 cm³/mol. The maximum absolute atomic E-state index is 11.1. The van der Waals surface area contributed by atoms with Gasteiger partial charge in [0.05, 0.1) is 12.6 Å². The van der Waals surface area contributed by atoms with Gasteiger partial charge in [-0.25, -0.2) is 4.79 Å². The first-order valence-electron chi connectivity index (χ1n) is 8.22. The first-order chi connectivity index (χ1) is 11.6. The zero-order valence-corrected chi connectivity index (χ0v) is 13.5. The molecule has 0 aliphatic heterocycles. The maximum atomic E-state index is 11.1. The smallest absolute Gasteiger partial charge is 0.339 e. The highest BCUT2D eigenvalue weighted by Gasteiger charge is 2.29. The summed E-state index contributed by atoms with van der Waals surface area (Å²) in [5.41, 5.74) is 8.49. The van der Waals surface area contributed by atoms with Crippen LogP contribution >= 0.6 is 0 Å². The van der Waals surface area contributed by atoms with Gasteiger partial charge in [0.1, 0.15) is 5.75 Å². The third-order valence-electron chi connectivity index (χ3n) is 4.40. The molecule has 0 saturated carbocycles. The van der Waals surface area contributed by atoms with E-state index in [1.165, 1.54) is 5.56 Å². The molecule has 5 nitrogen and oxygen atoms in total. The van der Waals surface area contributed by atoms with Crippen LogP contribution in [0.4, 0.5) is 4.79 Å². The van der Waals surface area contributed by atoms with Crippen LogP contribution in [0.25, 0.3) is 0 Å². The van der Waals surface area contributed by atoms with Crippen molar-refractivity contribution in [2.45, 2.75) is 31.7 Å². The fourth-order valence-electron chi connectivity index (χ4n) is 3.18. The average molecular weight is 326 g/mol. The summed E-state index contributed by atoms with van der Waals surface area (Å²) in [5, 5.41) is 10.4. The Morgan fingerprint density at radius 3 is 2.79 bits per heavy atom. The lowest BCUT2D eigenvalue weighted by Crippen LogP contribution is -2.35. The van der Waals surface area contributed by atoms with Crippen LogP contribution in [0.5, 0.6) is 5.75 Å². The number of carbonyl (C=O) groups excluding carboxylic acids is 1. The number of nitrogens with zero attached hydrogens (tertiary/aromatic N) is 1. The van der Waals surface area contributed by atoms with E-state index in [9.17, 15) is 10.0 Å². The highest BCUT2D eigenvalue weighted by molar-refractivity contribution is 5.71. The molecule has 5 heteroatoms. The molecule has 0 heterocycles. The number of ether oxygens (including phenoxy) is 1. The number of rotatable bonds is 6. The molecular formula is C19H22N2O3. The third-order valence-corrected chi connectivity index (χ3v) is 4.40. The van der Waals surface area contributed by atoms with E-state index in [0.717, 1.165) is 36.1 Å². The molecule has 0 bridgehead atoms. The maximum Gasteiger partial charge on any atom is 0.339 e. The highest BCUT2D eigenvalue weighted by Crippen LogP contribution is 2.36. The fourth-order valence-corrected chi connectivity index (χ4v) is 3.18. The third kappa shape index (κ3) is 3.68. The molecular weight excluding hydrogens is 304 g/mol. The molecule has 0 radical (unpaired) electrons. The molecule has 1 aliphatic carbocycles. The first kappa shape index (κ1) is 16.3. The van der Waals surface area contributed by atoms with Crippen molar-refractivity contribution in [2.24, 2.45) is 5.73 Å². The van der Waals surface area contributed by atoms with Crippen molar-refractivity contribution >= 4 is 6.03 Å². The molecule has 3 N–H and O–H groups in total. The SMILES string of the molecule is NC(=O)N(O)C1CCc2cc(OCCCc3ccccc3)ccc21. The van der Waals surface area contributed by atoms with Crippen molar-refractivity contribution in [1.29, 1.82) is 0 Å². The Labute approximate surface area is 141 Å². The fraction of sp³-hybridized carbons (Fsp3) is 0.316. The second-order valence-corrected chi connectivity index (χ2v) is 6.04. The zero-order chi connectivity index (χ0) is 16.9. The summed E-state index contributed by atoms with van der Waals surface area (Å²) in [6.07, 6.45) is 3.42. The van der Waals surface area contributed by atoms with Crippen molar-refractivity contribution in [1.82, 2.24) is 5.06 Å². The van der Waals surface area contributed by atoms with Gasteiger partial charge in [0, 0.05) is 0 Å². The predicted octanol–water partition coefficient (Wildman–Crippen LogP) is 3.46. The number of hydroxylamine groups is 2. The van der Waals surface area contributed by atoms with E-state index < -0.39 is 6.03 Å². The van der Waals surface area contributed by atoms with Crippen molar-refractivity contribution < 1.29 is 14.7 Å². The second-order valence-electron chi connectivity index (χ2n) is 6.04. The number of carbonyl (C=O) groups is 1. The molecule has 2 aromatic rings. The van der Waals surface area contributed by atoms with Crippen molar-refractivity contribution in [3.63, 3.8) is 0 Å².